The first kappa shape index (κ1) is 16.0. The third kappa shape index (κ3) is 2.84. The number of benzene rings is 1. The number of halogens is 1. The van der Waals surface area contributed by atoms with Gasteiger partial charge in [-0.3, -0.25) is 9.59 Å². The van der Waals surface area contributed by atoms with Crippen LogP contribution in [-0.2, 0) is 4.79 Å². The van der Waals surface area contributed by atoms with Gasteiger partial charge in [0.2, 0.25) is 5.91 Å². The van der Waals surface area contributed by atoms with E-state index in [9.17, 15) is 14.0 Å². The van der Waals surface area contributed by atoms with Crippen LogP contribution < -0.4 is 0 Å². The molecule has 4 nitrogen and oxygen atoms in total. The highest BCUT2D eigenvalue weighted by Gasteiger charge is 2.44. The zero-order valence-corrected chi connectivity index (χ0v) is 13.8. The second-order valence-electron chi connectivity index (χ2n) is 6.82. The molecule has 23 heavy (non-hydrogen) atoms. The summed E-state index contributed by atoms with van der Waals surface area (Å²) in [5, 5.41) is 0. The molecule has 3 rings (SSSR count). The Morgan fingerprint density at radius 2 is 2.00 bits per heavy atom. The summed E-state index contributed by atoms with van der Waals surface area (Å²) in [7, 11) is 1.85. The Bertz CT molecular complexity index is 642. The number of rotatable bonds is 1. The van der Waals surface area contributed by atoms with Gasteiger partial charge in [0.1, 0.15) is 5.82 Å². The Labute approximate surface area is 136 Å². The average molecular weight is 318 g/mol. The van der Waals surface area contributed by atoms with E-state index in [-0.39, 0.29) is 23.2 Å². The fourth-order valence-electron chi connectivity index (χ4n) is 3.84. The molecular weight excluding hydrogens is 295 g/mol. The lowest BCUT2D eigenvalue weighted by Crippen LogP contribution is -2.61. The van der Waals surface area contributed by atoms with Crippen molar-refractivity contribution < 1.29 is 14.0 Å². The van der Waals surface area contributed by atoms with E-state index in [1.165, 1.54) is 6.07 Å². The quantitative estimate of drug-likeness (QED) is 0.799. The number of likely N-dealkylation sites (tertiary alicyclic amines) is 2. The number of hydrogen-bond acceptors (Lipinski definition) is 2. The highest BCUT2D eigenvalue weighted by Crippen LogP contribution is 2.36. The number of carbonyl (C=O) groups is 2. The van der Waals surface area contributed by atoms with E-state index in [1.54, 1.807) is 24.0 Å². The van der Waals surface area contributed by atoms with Gasteiger partial charge in [-0.15, -0.1) is 0 Å². The summed E-state index contributed by atoms with van der Waals surface area (Å²) in [6.07, 6.45) is 4.21. The summed E-state index contributed by atoms with van der Waals surface area (Å²) < 4.78 is 13.7. The van der Waals surface area contributed by atoms with Crippen LogP contribution in [0.2, 0.25) is 0 Å². The Balaban J connectivity index is 1.81. The van der Waals surface area contributed by atoms with Gasteiger partial charge in [-0.1, -0.05) is 6.07 Å². The number of likely N-dealkylation sites (N-methyl/N-ethyl adjacent to an activating group) is 1. The third-order valence-corrected chi connectivity index (χ3v) is 5.38. The molecule has 1 atom stereocenters. The monoisotopic (exact) mass is 318 g/mol. The van der Waals surface area contributed by atoms with Crippen molar-refractivity contribution in [3.63, 3.8) is 0 Å². The molecule has 0 radical (unpaired) electrons. The lowest BCUT2D eigenvalue weighted by atomic mass is 9.80. The second-order valence-corrected chi connectivity index (χ2v) is 6.82. The van der Waals surface area contributed by atoms with Gasteiger partial charge in [0.05, 0.1) is 5.54 Å². The Morgan fingerprint density at radius 1 is 1.26 bits per heavy atom. The predicted molar refractivity (Wildman–Crippen MR) is 85.6 cm³/mol. The molecule has 0 N–H and O–H groups in total. The lowest BCUT2D eigenvalue weighted by Gasteiger charge is -2.50. The van der Waals surface area contributed by atoms with Gasteiger partial charge in [-0.05, 0) is 50.3 Å². The van der Waals surface area contributed by atoms with Crippen LogP contribution in [0.5, 0.6) is 0 Å². The zero-order valence-electron chi connectivity index (χ0n) is 13.8. The Kier molecular flexibility index (Phi) is 4.13. The van der Waals surface area contributed by atoms with Crippen molar-refractivity contribution in [2.45, 2.75) is 44.6 Å². The predicted octanol–water partition coefficient (Wildman–Crippen LogP) is 2.75. The molecule has 2 aliphatic rings. The first-order valence-electron chi connectivity index (χ1n) is 8.25. The van der Waals surface area contributed by atoms with E-state index >= 15 is 0 Å². The van der Waals surface area contributed by atoms with Crippen LogP contribution in [-0.4, -0.2) is 47.3 Å². The standard InChI is InChI=1S/C18H23FN2O2/c1-13-6-7-14(11-15(13)19)17(23)21-10-4-9-18(12-21)8-3-5-16(22)20(18)2/h6-7,11H,3-5,8-10,12H2,1-2H3. The molecule has 2 aliphatic heterocycles. The minimum Gasteiger partial charge on any atom is -0.338 e. The zero-order chi connectivity index (χ0) is 16.6. The van der Waals surface area contributed by atoms with Crippen LogP contribution in [0, 0.1) is 12.7 Å². The van der Waals surface area contributed by atoms with Crippen molar-refractivity contribution in [2.24, 2.45) is 0 Å². The molecule has 1 spiro atoms. The fraction of sp³-hybridized carbons (Fsp3) is 0.556. The van der Waals surface area contributed by atoms with Crippen molar-refractivity contribution in [3.8, 4) is 0 Å². The van der Waals surface area contributed by atoms with E-state index in [0.717, 1.165) is 25.7 Å². The molecule has 2 saturated heterocycles. The molecule has 2 fully saturated rings. The molecule has 5 heteroatoms. The van der Waals surface area contributed by atoms with Crippen LogP contribution in [0.25, 0.3) is 0 Å². The lowest BCUT2D eigenvalue weighted by molar-refractivity contribution is -0.142. The van der Waals surface area contributed by atoms with Crippen LogP contribution in [0.3, 0.4) is 0 Å². The average Bonchev–Trinajstić information content (AvgIpc) is 2.55. The van der Waals surface area contributed by atoms with Gasteiger partial charge in [0.25, 0.3) is 5.91 Å². The van der Waals surface area contributed by atoms with E-state index < -0.39 is 0 Å². The Morgan fingerprint density at radius 3 is 2.74 bits per heavy atom. The summed E-state index contributed by atoms with van der Waals surface area (Å²) in [5.74, 6) is -0.339. The molecule has 2 amide bonds. The van der Waals surface area contributed by atoms with Crippen molar-refractivity contribution in [1.29, 1.82) is 0 Å². The van der Waals surface area contributed by atoms with Crippen molar-refractivity contribution in [2.75, 3.05) is 20.1 Å². The highest BCUT2D eigenvalue weighted by molar-refractivity contribution is 5.94. The van der Waals surface area contributed by atoms with Gasteiger partial charge in [0, 0.05) is 32.1 Å². The fourth-order valence-corrected chi connectivity index (χ4v) is 3.84. The van der Waals surface area contributed by atoms with Crippen LogP contribution in [0.15, 0.2) is 18.2 Å². The van der Waals surface area contributed by atoms with Gasteiger partial charge in [-0.2, -0.15) is 0 Å². The number of hydrogen-bond donors (Lipinski definition) is 0. The Hall–Kier alpha value is -1.91. The minimum atomic E-state index is -0.354. The first-order valence-corrected chi connectivity index (χ1v) is 8.25. The molecule has 1 unspecified atom stereocenters. The smallest absolute Gasteiger partial charge is 0.254 e. The van der Waals surface area contributed by atoms with Crippen LogP contribution in [0.1, 0.15) is 48.0 Å². The molecule has 0 saturated carbocycles. The maximum Gasteiger partial charge on any atom is 0.254 e. The number of piperidine rings is 2. The van der Waals surface area contributed by atoms with E-state index in [1.807, 2.05) is 11.9 Å². The molecule has 2 heterocycles. The summed E-state index contributed by atoms with van der Waals surface area (Å²) in [5.41, 5.74) is 0.677. The third-order valence-electron chi connectivity index (χ3n) is 5.38. The number of amides is 2. The van der Waals surface area contributed by atoms with Gasteiger partial charge in [-0.25, -0.2) is 4.39 Å². The number of aryl methyl sites for hydroxylation is 1. The normalized spacial score (nSPS) is 25.1. The largest absolute Gasteiger partial charge is 0.338 e. The topological polar surface area (TPSA) is 40.6 Å². The van der Waals surface area contributed by atoms with E-state index in [0.29, 0.717) is 30.6 Å². The summed E-state index contributed by atoms with van der Waals surface area (Å²) in [6.45, 7) is 2.89. The SMILES string of the molecule is Cc1ccc(C(=O)N2CCCC3(CCCC(=O)N3C)C2)cc1F. The first-order chi connectivity index (χ1) is 10.9. The molecule has 1 aromatic rings. The van der Waals surface area contributed by atoms with Crippen molar-refractivity contribution >= 4 is 11.8 Å². The summed E-state index contributed by atoms with van der Waals surface area (Å²) >= 11 is 0. The molecule has 0 aromatic heterocycles. The van der Waals surface area contributed by atoms with Crippen LogP contribution in [0.4, 0.5) is 4.39 Å². The molecule has 0 bridgehead atoms. The van der Waals surface area contributed by atoms with Crippen LogP contribution >= 0.6 is 0 Å². The van der Waals surface area contributed by atoms with E-state index in [4.69, 9.17) is 0 Å². The number of carbonyl (C=O) groups excluding carboxylic acids is 2. The van der Waals surface area contributed by atoms with Gasteiger partial charge in [0.15, 0.2) is 0 Å². The summed E-state index contributed by atoms with van der Waals surface area (Å²) in [6, 6.07) is 4.63. The van der Waals surface area contributed by atoms with Gasteiger partial charge >= 0.3 is 0 Å². The molecule has 1 aromatic carbocycles. The minimum absolute atomic E-state index is 0.144. The highest BCUT2D eigenvalue weighted by atomic mass is 19.1. The summed E-state index contributed by atoms with van der Waals surface area (Å²) in [4.78, 5) is 28.4. The molecular formula is C18H23FN2O2. The van der Waals surface area contributed by atoms with Gasteiger partial charge < -0.3 is 9.80 Å². The molecule has 0 aliphatic carbocycles. The van der Waals surface area contributed by atoms with Crippen molar-refractivity contribution in [3.05, 3.63) is 35.1 Å². The second kappa shape index (κ2) is 5.95. The van der Waals surface area contributed by atoms with E-state index in [2.05, 4.69) is 0 Å². The maximum absolute atomic E-state index is 13.7. The number of nitrogens with zero attached hydrogens (tertiary/aromatic N) is 2. The molecule has 124 valence electrons. The van der Waals surface area contributed by atoms with Crippen molar-refractivity contribution in [1.82, 2.24) is 9.80 Å². The maximum atomic E-state index is 13.7.